The molecule has 0 unspecified atom stereocenters. The molecule has 0 heterocycles. The van der Waals surface area contributed by atoms with Gasteiger partial charge in [0.15, 0.2) is 0 Å². The van der Waals surface area contributed by atoms with Crippen molar-refractivity contribution in [2.45, 2.75) is 70.6 Å². The summed E-state index contributed by atoms with van der Waals surface area (Å²) in [5, 5.41) is 10.5. The van der Waals surface area contributed by atoms with Crippen LogP contribution in [0.25, 0.3) is 0 Å². The first-order chi connectivity index (χ1) is 9.43. The average Bonchev–Trinajstić information content (AvgIpc) is 2.41. The summed E-state index contributed by atoms with van der Waals surface area (Å²) in [6.07, 6.45) is 7.38. The Morgan fingerprint density at radius 2 is 1.80 bits per heavy atom. The van der Waals surface area contributed by atoms with Crippen LogP contribution in [0.2, 0.25) is 0 Å². The third-order valence-electron chi connectivity index (χ3n) is 4.51. The van der Waals surface area contributed by atoms with E-state index in [9.17, 15) is 5.11 Å². The smallest absolute Gasteiger partial charge is 0.122 e. The van der Waals surface area contributed by atoms with E-state index in [1.807, 2.05) is 0 Å². The van der Waals surface area contributed by atoms with Crippen LogP contribution in [-0.2, 0) is 11.8 Å². The van der Waals surface area contributed by atoms with Gasteiger partial charge < -0.3 is 10.8 Å². The molecule has 0 bridgehead atoms. The third-order valence-corrected chi connectivity index (χ3v) is 4.51. The fourth-order valence-electron chi connectivity index (χ4n) is 3.31. The summed E-state index contributed by atoms with van der Waals surface area (Å²) in [4.78, 5) is 0. The molecule has 1 fully saturated rings. The lowest BCUT2D eigenvalue weighted by atomic mass is 9.78. The van der Waals surface area contributed by atoms with Crippen molar-refractivity contribution < 1.29 is 5.11 Å². The van der Waals surface area contributed by atoms with Gasteiger partial charge in [-0.3, -0.25) is 0 Å². The van der Waals surface area contributed by atoms with Crippen LogP contribution in [0.1, 0.15) is 75.5 Å². The molecule has 112 valence electrons. The van der Waals surface area contributed by atoms with Gasteiger partial charge >= 0.3 is 0 Å². The Morgan fingerprint density at radius 1 is 1.15 bits per heavy atom. The molecule has 0 radical (unpaired) electrons. The van der Waals surface area contributed by atoms with E-state index in [1.54, 1.807) is 0 Å². The molecule has 0 amide bonds. The molecule has 1 aliphatic carbocycles. The molecule has 1 aromatic carbocycles. The number of aromatic hydroxyl groups is 1. The Bertz CT molecular complexity index is 453. The molecule has 1 aromatic rings. The number of hydrogen-bond donors (Lipinski definition) is 2. The van der Waals surface area contributed by atoms with Crippen LogP contribution in [0.15, 0.2) is 12.1 Å². The predicted octanol–water partition coefficient (Wildman–Crippen LogP) is 4.24. The largest absolute Gasteiger partial charge is 0.507 e. The molecule has 2 nitrogen and oxygen atoms in total. The first-order valence-electron chi connectivity index (χ1n) is 8.00. The summed E-state index contributed by atoms with van der Waals surface area (Å²) in [6, 6.07) is 4.44. The molecule has 2 rings (SSSR count). The van der Waals surface area contributed by atoms with Gasteiger partial charge in [-0.2, -0.15) is 0 Å². The van der Waals surface area contributed by atoms with Crippen molar-refractivity contribution in [1.82, 2.24) is 0 Å². The quantitative estimate of drug-likeness (QED) is 0.866. The number of phenols is 1. The maximum absolute atomic E-state index is 10.5. The molecule has 2 heteroatoms. The Kier molecular flexibility index (Phi) is 4.74. The molecular formula is C18H29NO. The van der Waals surface area contributed by atoms with Crippen LogP contribution < -0.4 is 5.73 Å². The SMILES string of the molecule is CC(C)(C)c1cc(C2CCCCC2)cc(CCN)c1O. The lowest BCUT2D eigenvalue weighted by molar-refractivity contribution is 0.429. The second kappa shape index (κ2) is 6.17. The molecule has 1 aliphatic rings. The molecule has 0 saturated heterocycles. The normalized spacial score (nSPS) is 17.4. The van der Waals surface area contributed by atoms with Crippen molar-refractivity contribution in [2.24, 2.45) is 5.73 Å². The van der Waals surface area contributed by atoms with E-state index in [1.165, 1.54) is 37.7 Å². The third kappa shape index (κ3) is 3.35. The maximum atomic E-state index is 10.5. The number of nitrogens with two attached hydrogens (primary N) is 1. The van der Waals surface area contributed by atoms with Gasteiger partial charge in [-0.05, 0) is 53.8 Å². The van der Waals surface area contributed by atoms with Gasteiger partial charge in [0.25, 0.3) is 0 Å². The zero-order valence-corrected chi connectivity index (χ0v) is 13.2. The van der Waals surface area contributed by atoms with Crippen LogP contribution in [-0.4, -0.2) is 11.7 Å². The molecule has 3 N–H and O–H groups in total. The topological polar surface area (TPSA) is 46.2 Å². The van der Waals surface area contributed by atoms with Crippen molar-refractivity contribution in [1.29, 1.82) is 0 Å². The zero-order chi connectivity index (χ0) is 14.8. The van der Waals surface area contributed by atoms with E-state index >= 15 is 0 Å². The first kappa shape index (κ1) is 15.4. The van der Waals surface area contributed by atoms with E-state index in [0.717, 1.165) is 17.5 Å². The van der Waals surface area contributed by atoms with Crippen LogP contribution in [0, 0.1) is 0 Å². The molecule has 0 atom stereocenters. The minimum Gasteiger partial charge on any atom is -0.507 e. The van der Waals surface area contributed by atoms with Crippen molar-refractivity contribution in [2.75, 3.05) is 6.54 Å². The first-order valence-corrected chi connectivity index (χ1v) is 8.00. The van der Waals surface area contributed by atoms with Gasteiger partial charge in [0.05, 0.1) is 0 Å². The standard InChI is InChI=1S/C18H29NO/c1-18(2,3)16-12-15(13-7-5-4-6-8-13)11-14(9-10-19)17(16)20/h11-13,20H,4-10,19H2,1-3H3. The van der Waals surface area contributed by atoms with Gasteiger partial charge in [0, 0.05) is 0 Å². The van der Waals surface area contributed by atoms with E-state index in [-0.39, 0.29) is 5.41 Å². The molecular weight excluding hydrogens is 246 g/mol. The Hall–Kier alpha value is -1.02. The molecule has 0 spiro atoms. The molecule has 0 aliphatic heterocycles. The number of phenolic OH excluding ortho intramolecular Hbond substituents is 1. The number of hydrogen-bond acceptors (Lipinski definition) is 2. The number of rotatable bonds is 3. The van der Waals surface area contributed by atoms with Crippen LogP contribution >= 0.6 is 0 Å². The maximum Gasteiger partial charge on any atom is 0.122 e. The van der Waals surface area contributed by atoms with E-state index in [4.69, 9.17) is 5.73 Å². The highest BCUT2D eigenvalue weighted by molar-refractivity contribution is 5.48. The van der Waals surface area contributed by atoms with Gasteiger partial charge in [0.2, 0.25) is 0 Å². The minimum absolute atomic E-state index is 0.0297. The zero-order valence-electron chi connectivity index (χ0n) is 13.2. The summed E-state index contributed by atoms with van der Waals surface area (Å²) in [5.41, 5.74) is 9.19. The monoisotopic (exact) mass is 275 g/mol. The summed E-state index contributed by atoms with van der Waals surface area (Å²) in [7, 11) is 0. The number of benzene rings is 1. The summed E-state index contributed by atoms with van der Waals surface area (Å²) < 4.78 is 0. The molecule has 1 saturated carbocycles. The van der Waals surface area contributed by atoms with Crippen molar-refractivity contribution >= 4 is 0 Å². The van der Waals surface area contributed by atoms with Crippen molar-refractivity contribution in [3.63, 3.8) is 0 Å². The molecule has 20 heavy (non-hydrogen) atoms. The van der Waals surface area contributed by atoms with Crippen LogP contribution in [0.3, 0.4) is 0 Å². The predicted molar refractivity (Wildman–Crippen MR) is 85.4 cm³/mol. The Balaban J connectivity index is 2.43. The molecule has 0 aromatic heterocycles. The van der Waals surface area contributed by atoms with Gasteiger partial charge in [-0.25, -0.2) is 0 Å². The highest BCUT2D eigenvalue weighted by atomic mass is 16.3. The fraction of sp³-hybridized carbons (Fsp3) is 0.667. The van der Waals surface area contributed by atoms with Gasteiger partial charge in [-0.1, -0.05) is 52.2 Å². The second-order valence-electron chi connectivity index (χ2n) is 7.20. The van der Waals surface area contributed by atoms with E-state index in [0.29, 0.717) is 18.2 Å². The van der Waals surface area contributed by atoms with Gasteiger partial charge in [0.1, 0.15) is 5.75 Å². The van der Waals surface area contributed by atoms with Crippen LogP contribution in [0.4, 0.5) is 0 Å². The summed E-state index contributed by atoms with van der Waals surface area (Å²) >= 11 is 0. The minimum atomic E-state index is -0.0297. The lowest BCUT2D eigenvalue weighted by Gasteiger charge is -2.27. The highest BCUT2D eigenvalue weighted by Crippen LogP contribution is 2.40. The van der Waals surface area contributed by atoms with Crippen molar-refractivity contribution in [3.05, 3.63) is 28.8 Å². The Morgan fingerprint density at radius 3 is 2.35 bits per heavy atom. The van der Waals surface area contributed by atoms with E-state index in [2.05, 4.69) is 32.9 Å². The summed E-state index contributed by atoms with van der Waals surface area (Å²) in [6.45, 7) is 7.09. The van der Waals surface area contributed by atoms with Crippen molar-refractivity contribution in [3.8, 4) is 5.75 Å². The second-order valence-corrected chi connectivity index (χ2v) is 7.20. The fourth-order valence-corrected chi connectivity index (χ4v) is 3.31. The summed E-state index contributed by atoms with van der Waals surface area (Å²) in [5.74, 6) is 1.13. The van der Waals surface area contributed by atoms with Gasteiger partial charge in [-0.15, -0.1) is 0 Å². The Labute approximate surface area is 123 Å². The van der Waals surface area contributed by atoms with Crippen LogP contribution in [0.5, 0.6) is 5.75 Å². The van der Waals surface area contributed by atoms with E-state index < -0.39 is 0 Å². The lowest BCUT2D eigenvalue weighted by Crippen LogP contribution is -2.15. The average molecular weight is 275 g/mol. The highest BCUT2D eigenvalue weighted by Gasteiger charge is 2.24.